The van der Waals surface area contributed by atoms with Gasteiger partial charge in [-0.2, -0.15) is 0 Å². The van der Waals surface area contributed by atoms with Crippen LogP contribution in [0.1, 0.15) is 33.1 Å². The normalized spacial score (nSPS) is 28.1. The molecule has 0 aliphatic heterocycles. The molecule has 0 spiro atoms. The van der Waals surface area contributed by atoms with Crippen molar-refractivity contribution in [1.29, 1.82) is 0 Å². The summed E-state index contributed by atoms with van der Waals surface area (Å²) in [5, 5.41) is 0. The number of fused-ring (bicyclic) bond motifs is 1. The molecule has 0 bridgehead atoms. The molecular formula is C16H20O5. The van der Waals surface area contributed by atoms with E-state index in [0.29, 0.717) is 19.3 Å². The maximum atomic E-state index is 12.3. The third kappa shape index (κ3) is 2.91. The Labute approximate surface area is 124 Å². The van der Waals surface area contributed by atoms with Gasteiger partial charge in [0, 0.05) is 13.3 Å². The first kappa shape index (κ1) is 15.5. The summed E-state index contributed by atoms with van der Waals surface area (Å²) in [5.41, 5.74) is 1.02. The average molecular weight is 292 g/mol. The minimum atomic E-state index is -0.693. The topological polar surface area (TPSA) is 69.7 Å². The first-order valence-corrected chi connectivity index (χ1v) is 7.01. The highest BCUT2D eigenvalue weighted by atomic mass is 16.5. The fourth-order valence-electron chi connectivity index (χ4n) is 3.15. The predicted molar refractivity (Wildman–Crippen MR) is 75.3 cm³/mol. The monoisotopic (exact) mass is 292 g/mol. The molecule has 0 aromatic carbocycles. The molecule has 2 aliphatic rings. The number of ketones is 1. The van der Waals surface area contributed by atoms with Crippen molar-refractivity contribution in [1.82, 2.24) is 0 Å². The van der Waals surface area contributed by atoms with E-state index in [4.69, 9.17) is 9.47 Å². The maximum Gasteiger partial charge on any atom is 0.313 e. The molecule has 0 radical (unpaired) electrons. The molecule has 2 unspecified atom stereocenters. The van der Waals surface area contributed by atoms with Gasteiger partial charge in [0.1, 0.15) is 12.4 Å². The lowest BCUT2D eigenvalue weighted by molar-refractivity contribution is -0.144. The lowest BCUT2D eigenvalue weighted by atomic mass is 9.74. The molecule has 2 rings (SSSR count). The number of methoxy groups -OCH3 is 1. The molecular weight excluding hydrogens is 272 g/mol. The lowest BCUT2D eigenvalue weighted by Gasteiger charge is -2.28. The molecule has 114 valence electrons. The van der Waals surface area contributed by atoms with Gasteiger partial charge < -0.3 is 9.47 Å². The Morgan fingerprint density at radius 1 is 1.38 bits per heavy atom. The van der Waals surface area contributed by atoms with E-state index in [0.717, 1.165) is 11.1 Å². The summed E-state index contributed by atoms with van der Waals surface area (Å²) in [6.07, 6.45) is 5.05. The Morgan fingerprint density at radius 2 is 2.10 bits per heavy atom. The SMILES string of the molecule is COC(=O)C1CC=C(COC(C)=O)CC2(C)C(=O)CC=C12. The van der Waals surface area contributed by atoms with Crippen LogP contribution in [-0.2, 0) is 23.9 Å². The largest absolute Gasteiger partial charge is 0.469 e. The van der Waals surface area contributed by atoms with Crippen molar-refractivity contribution in [3.8, 4) is 0 Å². The highest BCUT2D eigenvalue weighted by Crippen LogP contribution is 2.47. The predicted octanol–water partition coefficient (Wildman–Crippen LogP) is 1.96. The van der Waals surface area contributed by atoms with Crippen LogP contribution in [0.5, 0.6) is 0 Å². The quantitative estimate of drug-likeness (QED) is 0.587. The van der Waals surface area contributed by atoms with Crippen LogP contribution in [0.3, 0.4) is 0 Å². The van der Waals surface area contributed by atoms with Crippen LogP contribution in [0.15, 0.2) is 23.3 Å². The number of hydrogen-bond donors (Lipinski definition) is 0. The fourth-order valence-corrected chi connectivity index (χ4v) is 3.15. The molecule has 0 saturated heterocycles. The molecule has 0 N–H and O–H groups in total. The molecule has 2 atom stereocenters. The third-order valence-electron chi connectivity index (χ3n) is 4.30. The Kier molecular flexibility index (Phi) is 4.30. The van der Waals surface area contributed by atoms with E-state index in [9.17, 15) is 14.4 Å². The van der Waals surface area contributed by atoms with Crippen LogP contribution in [0.4, 0.5) is 0 Å². The summed E-state index contributed by atoms with van der Waals surface area (Å²) in [5.74, 6) is -1.02. The van der Waals surface area contributed by atoms with Gasteiger partial charge in [0.15, 0.2) is 0 Å². The third-order valence-corrected chi connectivity index (χ3v) is 4.30. The molecule has 0 amide bonds. The van der Waals surface area contributed by atoms with Crippen molar-refractivity contribution in [3.63, 3.8) is 0 Å². The van der Waals surface area contributed by atoms with Crippen LogP contribution in [0, 0.1) is 11.3 Å². The molecule has 0 aromatic heterocycles. The van der Waals surface area contributed by atoms with Crippen molar-refractivity contribution in [3.05, 3.63) is 23.3 Å². The second-order valence-electron chi connectivity index (χ2n) is 5.75. The highest BCUT2D eigenvalue weighted by molar-refractivity contribution is 5.94. The molecule has 0 fully saturated rings. The number of rotatable bonds is 3. The minimum Gasteiger partial charge on any atom is -0.469 e. The summed E-state index contributed by atoms with van der Waals surface area (Å²) < 4.78 is 9.89. The molecule has 5 heteroatoms. The standard InChI is InChI=1S/C16H20O5/c1-10(17)21-9-11-4-5-12(15(19)20-3)13-6-7-14(18)16(13,2)8-11/h4,6,12H,5,7-9H2,1-3H3. The number of ether oxygens (including phenoxy) is 2. The van der Waals surface area contributed by atoms with Crippen molar-refractivity contribution in [2.24, 2.45) is 11.3 Å². The van der Waals surface area contributed by atoms with Gasteiger partial charge in [0.2, 0.25) is 0 Å². The average Bonchev–Trinajstić information content (AvgIpc) is 2.64. The summed E-state index contributed by atoms with van der Waals surface area (Å²) >= 11 is 0. The Bertz CT molecular complexity index is 543. The van der Waals surface area contributed by atoms with Gasteiger partial charge in [0.05, 0.1) is 18.4 Å². The zero-order chi connectivity index (χ0) is 15.6. The van der Waals surface area contributed by atoms with Crippen molar-refractivity contribution in [2.45, 2.75) is 33.1 Å². The molecule has 0 saturated carbocycles. The lowest BCUT2D eigenvalue weighted by Crippen LogP contribution is -2.31. The van der Waals surface area contributed by atoms with Gasteiger partial charge >= 0.3 is 11.9 Å². The minimum absolute atomic E-state index is 0.0991. The second kappa shape index (κ2) is 5.84. The molecule has 21 heavy (non-hydrogen) atoms. The summed E-state index contributed by atoms with van der Waals surface area (Å²) in [7, 11) is 1.35. The van der Waals surface area contributed by atoms with Crippen molar-refractivity contribution >= 4 is 17.7 Å². The van der Waals surface area contributed by atoms with Gasteiger partial charge in [-0.15, -0.1) is 0 Å². The smallest absolute Gasteiger partial charge is 0.313 e. The first-order valence-electron chi connectivity index (χ1n) is 7.01. The van der Waals surface area contributed by atoms with Crippen LogP contribution in [0.25, 0.3) is 0 Å². The molecule has 2 aliphatic carbocycles. The van der Waals surface area contributed by atoms with Gasteiger partial charge in [-0.1, -0.05) is 12.2 Å². The number of carbonyl (C=O) groups is 3. The Hall–Kier alpha value is -1.91. The molecule has 0 heterocycles. The summed E-state index contributed by atoms with van der Waals surface area (Å²) in [4.78, 5) is 35.2. The fraction of sp³-hybridized carbons (Fsp3) is 0.562. The zero-order valence-corrected chi connectivity index (χ0v) is 12.6. The zero-order valence-electron chi connectivity index (χ0n) is 12.6. The number of hydrogen-bond acceptors (Lipinski definition) is 5. The second-order valence-corrected chi connectivity index (χ2v) is 5.75. The number of carbonyl (C=O) groups excluding carboxylic acids is 3. The summed E-state index contributed by atoms with van der Waals surface area (Å²) in [6.45, 7) is 3.37. The van der Waals surface area contributed by atoms with Gasteiger partial charge in [0.25, 0.3) is 0 Å². The number of allylic oxidation sites excluding steroid dienone is 2. The highest BCUT2D eigenvalue weighted by Gasteiger charge is 2.47. The molecule has 0 aromatic rings. The van der Waals surface area contributed by atoms with E-state index >= 15 is 0 Å². The van der Waals surface area contributed by atoms with Crippen molar-refractivity contribution in [2.75, 3.05) is 13.7 Å². The van der Waals surface area contributed by atoms with E-state index in [-0.39, 0.29) is 24.3 Å². The maximum absolute atomic E-state index is 12.3. The summed E-state index contributed by atoms with van der Waals surface area (Å²) in [6, 6.07) is 0. The van der Waals surface area contributed by atoms with Crippen LogP contribution in [0.2, 0.25) is 0 Å². The van der Waals surface area contributed by atoms with E-state index < -0.39 is 11.3 Å². The first-order chi connectivity index (χ1) is 9.88. The molecule has 5 nitrogen and oxygen atoms in total. The number of Topliss-reactive ketones (excluding diaryl/α,β-unsaturated/α-hetero) is 1. The van der Waals surface area contributed by atoms with E-state index in [2.05, 4.69) is 0 Å². The number of esters is 2. The van der Waals surface area contributed by atoms with Gasteiger partial charge in [-0.25, -0.2) is 0 Å². The van der Waals surface area contributed by atoms with Gasteiger partial charge in [-0.05, 0) is 30.9 Å². The van der Waals surface area contributed by atoms with Crippen molar-refractivity contribution < 1.29 is 23.9 Å². The Balaban J connectivity index is 2.30. The Morgan fingerprint density at radius 3 is 2.71 bits per heavy atom. The van der Waals surface area contributed by atoms with Crippen LogP contribution >= 0.6 is 0 Å². The van der Waals surface area contributed by atoms with E-state index in [1.54, 1.807) is 0 Å². The van der Waals surface area contributed by atoms with E-state index in [1.807, 2.05) is 19.1 Å². The van der Waals surface area contributed by atoms with E-state index in [1.165, 1.54) is 14.0 Å². The van der Waals surface area contributed by atoms with Crippen LogP contribution < -0.4 is 0 Å². The van der Waals surface area contributed by atoms with Crippen LogP contribution in [-0.4, -0.2) is 31.4 Å². The van der Waals surface area contributed by atoms with Gasteiger partial charge in [-0.3, -0.25) is 14.4 Å².